The maximum atomic E-state index is 11.3. The average molecular weight is 457 g/mol. The molecule has 2 atom stereocenters. The number of anilines is 2. The fourth-order valence-corrected chi connectivity index (χ4v) is 4.62. The summed E-state index contributed by atoms with van der Waals surface area (Å²) in [4.78, 5) is 18.1. The summed E-state index contributed by atoms with van der Waals surface area (Å²) in [5, 5.41) is 16.4. The largest absolute Gasteiger partial charge is 0.490 e. The third-order valence-electron chi connectivity index (χ3n) is 6.27. The molecular weight excluding hydrogens is 428 g/mol. The summed E-state index contributed by atoms with van der Waals surface area (Å²) in [7, 11) is 0. The molecule has 1 aromatic heterocycles. The van der Waals surface area contributed by atoms with E-state index in [1.165, 1.54) is 0 Å². The Hall–Kier alpha value is -2.80. The van der Waals surface area contributed by atoms with Gasteiger partial charge in [0.2, 0.25) is 0 Å². The maximum absolute atomic E-state index is 11.3. The number of benzene rings is 1. The number of rotatable bonds is 6. The molecule has 1 fully saturated rings. The van der Waals surface area contributed by atoms with E-state index in [0.717, 1.165) is 54.6 Å². The van der Waals surface area contributed by atoms with Crippen molar-refractivity contribution < 1.29 is 14.6 Å². The number of hydrazone groups is 1. The third kappa shape index (κ3) is 4.99. The molecule has 0 spiro atoms. The molecular formula is C24H29ClN4O3. The van der Waals surface area contributed by atoms with Crippen LogP contribution in [0.2, 0.25) is 5.02 Å². The topological polar surface area (TPSA) is 78.3 Å². The standard InChI is InChI=1S/C24H29ClN4O3/c1-15-12-18(25)13-23(26-15)28-10-8-21(9-11-28)32-20-6-4-19(5-7-20)29-22(14-24(30)31)16(2)17(3)27-29/h4-7,12-13,16,21-22H,8-11,14H2,1-3H3,(H,30,31). The van der Waals surface area contributed by atoms with Crippen LogP contribution in [0.1, 0.15) is 38.8 Å². The number of ether oxygens (including phenoxy) is 1. The second kappa shape index (κ2) is 9.36. The lowest BCUT2D eigenvalue weighted by molar-refractivity contribution is -0.137. The summed E-state index contributed by atoms with van der Waals surface area (Å²) in [6, 6.07) is 11.4. The molecule has 0 aliphatic carbocycles. The van der Waals surface area contributed by atoms with Crippen molar-refractivity contribution in [3.63, 3.8) is 0 Å². The van der Waals surface area contributed by atoms with Gasteiger partial charge in [0.1, 0.15) is 17.7 Å². The number of hydrogen-bond donors (Lipinski definition) is 1. The van der Waals surface area contributed by atoms with E-state index in [1.54, 1.807) is 0 Å². The molecule has 3 heterocycles. The van der Waals surface area contributed by atoms with Crippen molar-refractivity contribution in [3.8, 4) is 5.75 Å². The number of halogens is 1. The average Bonchev–Trinajstić information content (AvgIpc) is 3.02. The molecule has 1 aromatic carbocycles. The van der Waals surface area contributed by atoms with Gasteiger partial charge in [-0.2, -0.15) is 5.10 Å². The lowest BCUT2D eigenvalue weighted by Crippen LogP contribution is -2.38. The number of nitrogens with zero attached hydrogens (tertiary/aromatic N) is 4. The minimum atomic E-state index is -0.814. The van der Waals surface area contributed by atoms with Crippen molar-refractivity contribution in [3.05, 3.63) is 47.1 Å². The first-order valence-electron chi connectivity index (χ1n) is 11.0. The lowest BCUT2D eigenvalue weighted by Gasteiger charge is -2.33. The van der Waals surface area contributed by atoms with Crippen molar-refractivity contribution in [2.24, 2.45) is 11.0 Å². The SMILES string of the molecule is CC1=NN(c2ccc(OC3CCN(c4cc(Cl)cc(C)n4)CC3)cc2)C(CC(=O)O)C1C. The second-order valence-electron chi connectivity index (χ2n) is 8.62. The van der Waals surface area contributed by atoms with Gasteiger partial charge in [0.05, 0.1) is 18.2 Å². The summed E-state index contributed by atoms with van der Waals surface area (Å²) in [5.41, 5.74) is 2.75. The van der Waals surface area contributed by atoms with Gasteiger partial charge in [-0.25, -0.2) is 4.98 Å². The number of carbonyl (C=O) groups is 1. The molecule has 0 bridgehead atoms. The molecule has 0 amide bonds. The van der Waals surface area contributed by atoms with E-state index in [9.17, 15) is 9.90 Å². The van der Waals surface area contributed by atoms with Crippen molar-refractivity contribution in [2.75, 3.05) is 23.0 Å². The van der Waals surface area contributed by atoms with E-state index in [4.69, 9.17) is 16.3 Å². The molecule has 0 saturated carbocycles. The third-order valence-corrected chi connectivity index (χ3v) is 6.49. The van der Waals surface area contributed by atoms with E-state index >= 15 is 0 Å². The second-order valence-corrected chi connectivity index (χ2v) is 9.06. The Morgan fingerprint density at radius 1 is 1.19 bits per heavy atom. The monoisotopic (exact) mass is 456 g/mol. The van der Waals surface area contributed by atoms with Crippen LogP contribution >= 0.6 is 11.6 Å². The van der Waals surface area contributed by atoms with Crippen molar-refractivity contribution >= 4 is 34.8 Å². The highest BCUT2D eigenvalue weighted by Crippen LogP contribution is 2.32. The highest BCUT2D eigenvalue weighted by Gasteiger charge is 2.34. The van der Waals surface area contributed by atoms with E-state index in [2.05, 4.69) is 15.0 Å². The van der Waals surface area contributed by atoms with Gasteiger partial charge in [0, 0.05) is 48.3 Å². The van der Waals surface area contributed by atoms with Gasteiger partial charge in [0.25, 0.3) is 0 Å². The maximum Gasteiger partial charge on any atom is 0.305 e. The molecule has 1 N–H and O–H groups in total. The zero-order valence-corrected chi connectivity index (χ0v) is 19.4. The first kappa shape index (κ1) is 22.4. The number of aromatic nitrogens is 1. The molecule has 2 aromatic rings. The van der Waals surface area contributed by atoms with Crippen LogP contribution in [0.5, 0.6) is 5.75 Å². The Kier molecular flexibility index (Phi) is 6.55. The molecule has 170 valence electrons. The van der Waals surface area contributed by atoms with Gasteiger partial charge in [-0.1, -0.05) is 18.5 Å². The highest BCUT2D eigenvalue weighted by molar-refractivity contribution is 6.30. The van der Waals surface area contributed by atoms with Gasteiger partial charge < -0.3 is 14.7 Å². The predicted octanol–water partition coefficient (Wildman–Crippen LogP) is 4.77. The summed E-state index contributed by atoms with van der Waals surface area (Å²) >= 11 is 6.18. The zero-order valence-electron chi connectivity index (χ0n) is 18.7. The Morgan fingerprint density at radius 3 is 2.50 bits per heavy atom. The Balaban J connectivity index is 1.36. The van der Waals surface area contributed by atoms with E-state index < -0.39 is 5.97 Å². The fourth-order valence-electron chi connectivity index (χ4n) is 4.36. The number of carboxylic acids is 1. The number of carboxylic acid groups (broad SMARTS) is 1. The Labute approximate surface area is 193 Å². The minimum absolute atomic E-state index is 0.0554. The van der Waals surface area contributed by atoms with Crippen LogP contribution in [0.15, 0.2) is 41.5 Å². The number of hydrogen-bond acceptors (Lipinski definition) is 6. The molecule has 2 aliphatic heterocycles. The van der Waals surface area contributed by atoms with Gasteiger partial charge in [-0.3, -0.25) is 9.80 Å². The van der Waals surface area contributed by atoms with Gasteiger partial charge in [-0.15, -0.1) is 0 Å². The van der Waals surface area contributed by atoms with Crippen molar-refractivity contribution in [1.82, 2.24) is 4.98 Å². The number of pyridine rings is 1. The molecule has 0 radical (unpaired) electrons. The van der Waals surface area contributed by atoms with Crippen LogP contribution in [0.4, 0.5) is 11.5 Å². The van der Waals surface area contributed by atoms with E-state index in [0.29, 0.717) is 5.02 Å². The van der Waals surface area contributed by atoms with Crippen LogP contribution in [0, 0.1) is 12.8 Å². The van der Waals surface area contributed by atoms with Crippen LogP contribution in [0.3, 0.4) is 0 Å². The quantitative estimate of drug-likeness (QED) is 0.674. The molecule has 1 saturated heterocycles. The molecule has 4 rings (SSSR count). The normalized spacial score (nSPS) is 21.6. The summed E-state index contributed by atoms with van der Waals surface area (Å²) < 4.78 is 6.22. The molecule has 2 aliphatic rings. The molecule has 2 unspecified atom stereocenters. The Bertz CT molecular complexity index is 983. The number of piperidine rings is 1. The molecule has 8 heteroatoms. The first-order chi connectivity index (χ1) is 15.3. The molecule has 32 heavy (non-hydrogen) atoms. The number of aliphatic carboxylic acids is 1. The first-order valence-corrected chi connectivity index (χ1v) is 11.4. The van der Waals surface area contributed by atoms with Crippen LogP contribution in [0.25, 0.3) is 0 Å². The highest BCUT2D eigenvalue weighted by atomic mass is 35.5. The van der Waals surface area contributed by atoms with Crippen LogP contribution in [-0.2, 0) is 4.79 Å². The summed E-state index contributed by atoms with van der Waals surface area (Å²) in [5.74, 6) is 1.02. The minimum Gasteiger partial charge on any atom is -0.490 e. The van der Waals surface area contributed by atoms with Gasteiger partial charge in [-0.05, 0) is 50.2 Å². The van der Waals surface area contributed by atoms with Crippen LogP contribution < -0.4 is 14.6 Å². The summed E-state index contributed by atoms with van der Waals surface area (Å²) in [6.45, 7) is 7.66. The zero-order chi connectivity index (χ0) is 22.8. The summed E-state index contributed by atoms with van der Waals surface area (Å²) in [6.07, 6.45) is 2.01. The van der Waals surface area contributed by atoms with Gasteiger partial charge in [0.15, 0.2) is 0 Å². The Morgan fingerprint density at radius 2 is 1.88 bits per heavy atom. The fraction of sp³-hybridized carbons (Fsp3) is 0.458. The lowest BCUT2D eigenvalue weighted by atomic mass is 9.96. The van der Waals surface area contributed by atoms with Gasteiger partial charge >= 0.3 is 5.97 Å². The molecule has 7 nitrogen and oxygen atoms in total. The number of aryl methyl sites for hydroxylation is 1. The van der Waals surface area contributed by atoms with Crippen molar-refractivity contribution in [2.45, 2.75) is 52.2 Å². The van der Waals surface area contributed by atoms with Crippen molar-refractivity contribution in [1.29, 1.82) is 0 Å². The predicted molar refractivity (Wildman–Crippen MR) is 127 cm³/mol. The van der Waals surface area contributed by atoms with E-state index in [-0.39, 0.29) is 24.5 Å². The van der Waals surface area contributed by atoms with E-state index in [1.807, 2.05) is 62.2 Å². The van der Waals surface area contributed by atoms with Crippen LogP contribution in [-0.4, -0.2) is 47.0 Å². The smallest absolute Gasteiger partial charge is 0.305 e.